The summed E-state index contributed by atoms with van der Waals surface area (Å²) >= 11 is 8.33. The average molecular weight is 285 g/mol. The van der Waals surface area contributed by atoms with E-state index in [1.807, 2.05) is 24.3 Å². The minimum Gasteiger partial charge on any atom is -0.486 e. The Balaban J connectivity index is 2.05. The molecule has 0 bridgehead atoms. The molecule has 1 aromatic carbocycles. The summed E-state index contributed by atoms with van der Waals surface area (Å²) in [4.78, 5) is 5.87. The van der Waals surface area contributed by atoms with E-state index >= 15 is 0 Å². The number of hydrogen-bond donors (Lipinski definition) is 2. The fourth-order valence-electron chi connectivity index (χ4n) is 1.17. The Morgan fingerprint density at radius 3 is 2.80 bits per heavy atom. The summed E-state index contributed by atoms with van der Waals surface area (Å²) in [7, 11) is 0. The Bertz CT molecular complexity index is 506. The second-order valence-electron chi connectivity index (χ2n) is 2.99. The van der Waals surface area contributed by atoms with Gasteiger partial charge < -0.3 is 14.7 Å². The molecule has 78 valence electrons. The molecule has 15 heavy (non-hydrogen) atoms. The van der Waals surface area contributed by atoms with E-state index in [1.165, 1.54) is 0 Å². The van der Waals surface area contributed by atoms with Crippen LogP contribution in [0.4, 0.5) is 0 Å². The molecule has 2 aromatic rings. The summed E-state index contributed by atoms with van der Waals surface area (Å²) < 4.78 is 7.15. The van der Waals surface area contributed by atoms with Crippen LogP contribution in [0, 0.1) is 4.77 Å². The monoisotopic (exact) mass is 284 g/mol. The van der Waals surface area contributed by atoms with E-state index in [0.717, 1.165) is 15.9 Å². The number of nitrogens with one attached hydrogen (secondary N) is 2. The van der Waals surface area contributed by atoms with Crippen molar-refractivity contribution in [3.8, 4) is 5.75 Å². The number of H-pyrrole nitrogens is 2. The number of para-hydroxylation sites is 1. The third kappa shape index (κ3) is 2.70. The molecule has 1 heterocycles. The number of aromatic amines is 2. The van der Waals surface area contributed by atoms with Gasteiger partial charge in [0.2, 0.25) is 0 Å². The van der Waals surface area contributed by atoms with Crippen LogP contribution in [0.3, 0.4) is 0 Å². The molecular weight excluding hydrogens is 276 g/mol. The summed E-state index contributed by atoms with van der Waals surface area (Å²) in [5, 5.41) is 0. The molecule has 0 aliphatic heterocycles. The topological polar surface area (TPSA) is 40.8 Å². The Morgan fingerprint density at radius 1 is 1.33 bits per heavy atom. The number of ether oxygens (including phenoxy) is 1. The van der Waals surface area contributed by atoms with Crippen LogP contribution in [0.2, 0.25) is 0 Å². The zero-order chi connectivity index (χ0) is 10.7. The average Bonchev–Trinajstić information content (AvgIpc) is 2.63. The first-order chi connectivity index (χ1) is 7.25. The maximum atomic E-state index is 5.59. The molecule has 0 aliphatic carbocycles. The van der Waals surface area contributed by atoms with Crippen molar-refractivity contribution in [1.29, 1.82) is 0 Å². The van der Waals surface area contributed by atoms with Crippen molar-refractivity contribution in [2.24, 2.45) is 0 Å². The fourth-order valence-corrected chi connectivity index (χ4v) is 1.75. The van der Waals surface area contributed by atoms with Gasteiger partial charge >= 0.3 is 0 Å². The summed E-state index contributed by atoms with van der Waals surface area (Å²) in [6, 6.07) is 7.72. The van der Waals surface area contributed by atoms with E-state index < -0.39 is 0 Å². The first-order valence-corrected chi connectivity index (χ1v) is 5.60. The number of imidazole rings is 1. The lowest BCUT2D eigenvalue weighted by molar-refractivity contribution is 0.300. The minimum absolute atomic E-state index is 0.468. The van der Waals surface area contributed by atoms with Crippen LogP contribution >= 0.6 is 28.1 Å². The lowest BCUT2D eigenvalue weighted by atomic mass is 10.3. The van der Waals surface area contributed by atoms with Crippen molar-refractivity contribution >= 4 is 28.1 Å². The smallest absolute Gasteiger partial charge is 0.174 e. The van der Waals surface area contributed by atoms with Gasteiger partial charge in [-0.05, 0) is 40.3 Å². The predicted molar refractivity (Wildman–Crippen MR) is 64.5 cm³/mol. The molecule has 3 nitrogen and oxygen atoms in total. The number of aromatic nitrogens is 2. The van der Waals surface area contributed by atoms with Gasteiger partial charge in [-0.25, -0.2) is 0 Å². The molecule has 2 rings (SSSR count). The molecule has 0 aliphatic rings. The number of benzene rings is 1. The van der Waals surface area contributed by atoms with E-state index in [9.17, 15) is 0 Å². The van der Waals surface area contributed by atoms with Crippen molar-refractivity contribution < 1.29 is 4.74 Å². The van der Waals surface area contributed by atoms with Crippen LogP contribution in [0.15, 0.2) is 34.9 Å². The fraction of sp³-hybridized carbons (Fsp3) is 0.100. The second-order valence-corrected chi connectivity index (χ2v) is 4.25. The largest absolute Gasteiger partial charge is 0.486 e. The van der Waals surface area contributed by atoms with E-state index in [2.05, 4.69) is 25.9 Å². The highest BCUT2D eigenvalue weighted by Gasteiger charge is 2.00. The number of halogens is 1. The minimum atomic E-state index is 0.468. The molecule has 0 saturated carbocycles. The second kappa shape index (κ2) is 4.63. The molecule has 0 saturated heterocycles. The summed E-state index contributed by atoms with van der Waals surface area (Å²) in [6.07, 6.45) is 1.80. The predicted octanol–water partition coefficient (Wildman–Crippen LogP) is 3.41. The molecule has 0 unspecified atom stereocenters. The molecule has 2 N–H and O–H groups in total. The van der Waals surface area contributed by atoms with Gasteiger partial charge in [-0.2, -0.15) is 0 Å². The van der Waals surface area contributed by atoms with Gasteiger partial charge in [-0.15, -0.1) is 0 Å². The highest BCUT2D eigenvalue weighted by Crippen LogP contribution is 2.24. The number of hydrogen-bond acceptors (Lipinski definition) is 2. The third-order valence-corrected chi connectivity index (χ3v) is 2.75. The van der Waals surface area contributed by atoms with Crippen molar-refractivity contribution in [3.05, 3.63) is 45.4 Å². The highest BCUT2D eigenvalue weighted by atomic mass is 79.9. The van der Waals surface area contributed by atoms with Gasteiger partial charge in [0.25, 0.3) is 0 Å². The van der Waals surface area contributed by atoms with Crippen molar-refractivity contribution in [3.63, 3.8) is 0 Å². The van der Waals surface area contributed by atoms with Crippen LogP contribution in [0.25, 0.3) is 0 Å². The molecular formula is C10H9BrN2OS. The highest BCUT2D eigenvalue weighted by molar-refractivity contribution is 9.10. The quantitative estimate of drug-likeness (QED) is 0.848. The molecule has 0 fully saturated rings. The number of rotatable bonds is 3. The van der Waals surface area contributed by atoms with Crippen LogP contribution in [-0.4, -0.2) is 9.97 Å². The summed E-state index contributed by atoms with van der Waals surface area (Å²) in [5.74, 6) is 0.818. The van der Waals surface area contributed by atoms with Gasteiger partial charge in [0.05, 0.1) is 10.2 Å². The standard InChI is InChI=1S/C10H9BrN2OS/c11-8-3-1-2-4-9(8)14-6-7-5-12-10(15)13-7/h1-5H,6H2,(H2,12,13,15). The van der Waals surface area contributed by atoms with Crippen LogP contribution < -0.4 is 4.74 Å². The Labute approximate surface area is 101 Å². The summed E-state index contributed by atoms with van der Waals surface area (Å²) in [6.45, 7) is 0.468. The van der Waals surface area contributed by atoms with E-state index in [-0.39, 0.29) is 0 Å². The van der Waals surface area contributed by atoms with E-state index in [1.54, 1.807) is 6.20 Å². The maximum absolute atomic E-state index is 5.59. The first-order valence-electron chi connectivity index (χ1n) is 4.39. The zero-order valence-electron chi connectivity index (χ0n) is 7.79. The molecule has 5 heteroatoms. The SMILES string of the molecule is S=c1[nH]cc(COc2ccccc2Br)[nH]1. The van der Waals surface area contributed by atoms with Gasteiger partial charge in [0.15, 0.2) is 4.77 Å². The zero-order valence-corrected chi connectivity index (χ0v) is 10.2. The van der Waals surface area contributed by atoms with Crippen molar-refractivity contribution in [2.45, 2.75) is 6.61 Å². The van der Waals surface area contributed by atoms with Gasteiger partial charge in [-0.1, -0.05) is 12.1 Å². The Hall–Kier alpha value is -1.07. The van der Waals surface area contributed by atoms with Crippen LogP contribution in [-0.2, 0) is 6.61 Å². The Morgan fingerprint density at radius 2 is 2.13 bits per heavy atom. The van der Waals surface area contributed by atoms with Crippen molar-refractivity contribution in [2.75, 3.05) is 0 Å². The first kappa shape index (κ1) is 10.4. The molecule has 0 spiro atoms. The normalized spacial score (nSPS) is 10.2. The van der Waals surface area contributed by atoms with Crippen LogP contribution in [0.5, 0.6) is 5.75 Å². The van der Waals surface area contributed by atoms with Crippen molar-refractivity contribution in [1.82, 2.24) is 9.97 Å². The molecule has 0 amide bonds. The van der Waals surface area contributed by atoms with E-state index in [0.29, 0.717) is 11.4 Å². The van der Waals surface area contributed by atoms with E-state index in [4.69, 9.17) is 17.0 Å². The van der Waals surface area contributed by atoms with Gasteiger partial charge in [-0.3, -0.25) is 0 Å². The maximum Gasteiger partial charge on any atom is 0.174 e. The Kier molecular flexibility index (Phi) is 3.23. The summed E-state index contributed by atoms with van der Waals surface area (Å²) in [5.41, 5.74) is 0.927. The van der Waals surface area contributed by atoms with Crippen LogP contribution in [0.1, 0.15) is 5.69 Å². The van der Waals surface area contributed by atoms with Gasteiger partial charge in [0, 0.05) is 6.20 Å². The van der Waals surface area contributed by atoms with Gasteiger partial charge in [0.1, 0.15) is 12.4 Å². The lowest BCUT2D eigenvalue weighted by Gasteiger charge is -2.05. The third-order valence-electron chi connectivity index (χ3n) is 1.87. The molecule has 1 aromatic heterocycles. The molecule has 0 radical (unpaired) electrons. The molecule has 0 atom stereocenters. The lowest BCUT2D eigenvalue weighted by Crippen LogP contribution is -1.95.